The maximum Gasteiger partial charge on any atom is 0.180 e. The Morgan fingerprint density at radius 2 is 1.55 bits per heavy atom. The fourth-order valence-corrected chi connectivity index (χ4v) is 13.4. The summed E-state index contributed by atoms with van der Waals surface area (Å²) in [5.74, 6) is 0. The Labute approximate surface area is 73.0 Å². The minimum absolute atomic E-state index is 1.03. The summed E-state index contributed by atoms with van der Waals surface area (Å²) in [5.41, 5.74) is 1.16. The minimum Gasteiger partial charge on any atom is -0.433 e. The van der Waals surface area contributed by atoms with Crippen LogP contribution in [0.4, 0.5) is 0 Å². The molecular formula is C8H22OSi2. The lowest BCUT2D eigenvalue weighted by molar-refractivity contribution is 0.556. The van der Waals surface area contributed by atoms with E-state index in [9.17, 15) is 4.80 Å². The summed E-state index contributed by atoms with van der Waals surface area (Å²) < 4.78 is 0. The fraction of sp³-hybridized carbons (Fsp3) is 1.00. The lowest BCUT2D eigenvalue weighted by Gasteiger charge is -2.27. The molecule has 1 N–H and O–H groups in total. The van der Waals surface area contributed by atoms with E-state index in [-0.39, 0.29) is 0 Å². The standard InChI is InChI=1S/C8H22OSi2/c1-6-7-10(2,3)8-11(4,5)9/h9H,6-8H2,1-5H3. The Morgan fingerprint density at radius 3 is 1.82 bits per heavy atom. The smallest absolute Gasteiger partial charge is 0.180 e. The third-order valence-corrected chi connectivity index (χ3v) is 11.0. The molecule has 0 fully saturated rings. The molecule has 0 amide bonds. The molecule has 0 radical (unpaired) electrons. The maximum atomic E-state index is 9.75. The lowest BCUT2D eigenvalue weighted by atomic mass is 10.6. The molecule has 0 aliphatic heterocycles. The molecule has 11 heavy (non-hydrogen) atoms. The number of rotatable bonds is 4. The van der Waals surface area contributed by atoms with E-state index in [1.54, 1.807) is 0 Å². The molecule has 0 unspecified atom stereocenters. The quantitative estimate of drug-likeness (QED) is 0.676. The zero-order valence-electron chi connectivity index (χ0n) is 8.57. The van der Waals surface area contributed by atoms with Crippen LogP contribution in [0, 0.1) is 0 Å². The molecular weight excluding hydrogens is 168 g/mol. The largest absolute Gasteiger partial charge is 0.433 e. The minimum atomic E-state index is -1.77. The van der Waals surface area contributed by atoms with E-state index in [0.29, 0.717) is 0 Å². The predicted molar refractivity (Wildman–Crippen MR) is 57.1 cm³/mol. The summed E-state index contributed by atoms with van der Waals surface area (Å²) in [6.07, 6.45) is 1.28. The summed E-state index contributed by atoms with van der Waals surface area (Å²) >= 11 is 0. The van der Waals surface area contributed by atoms with Gasteiger partial charge in [0, 0.05) is 8.07 Å². The van der Waals surface area contributed by atoms with Crippen LogP contribution in [0.15, 0.2) is 0 Å². The summed E-state index contributed by atoms with van der Waals surface area (Å²) in [6.45, 7) is 11.1. The monoisotopic (exact) mass is 190 g/mol. The topological polar surface area (TPSA) is 20.2 Å². The van der Waals surface area contributed by atoms with Gasteiger partial charge in [-0.15, -0.1) is 0 Å². The van der Waals surface area contributed by atoms with Gasteiger partial charge in [-0.2, -0.15) is 0 Å². The SMILES string of the molecule is CCC[Si](C)(C)C[Si](C)(C)O. The van der Waals surface area contributed by atoms with Crippen LogP contribution in [0.1, 0.15) is 13.3 Å². The van der Waals surface area contributed by atoms with E-state index >= 15 is 0 Å². The molecule has 0 aliphatic rings. The molecule has 0 aromatic rings. The molecule has 0 aromatic heterocycles. The van der Waals surface area contributed by atoms with Gasteiger partial charge in [-0.1, -0.05) is 32.5 Å². The zero-order valence-corrected chi connectivity index (χ0v) is 10.6. The molecule has 0 saturated heterocycles. The Morgan fingerprint density at radius 1 is 1.09 bits per heavy atom. The molecule has 0 aromatic carbocycles. The predicted octanol–water partition coefficient (Wildman–Crippen LogP) is 2.84. The van der Waals surface area contributed by atoms with Crippen LogP contribution in [-0.2, 0) is 0 Å². The van der Waals surface area contributed by atoms with Crippen LogP contribution in [0.5, 0.6) is 0 Å². The van der Waals surface area contributed by atoms with E-state index in [1.807, 2.05) is 0 Å². The lowest BCUT2D eigenvalue weighted by Crippen LogP contribution is -2.39. The number of hydrogen-bond donors (Lipinski definition) is 1. The number of hydrogen-bond acceptors (Lipinski definition) is 1. The Hall–Kier alpha value is 0.394. The molecule has 0 spiro atoms. The first kappa shape index (κ1) is 11.4. The summed E-state index contributed by atoms with van der Waals surface area (Å²) in [6, 6.07) is 1.37. The highest BCUT2D eigenvalue weighted by atomic mass is 28.4. The maximum absolute atomic E-state index is 9.75. The molecule has 68 valence electrons. The van der Waals surface area contributed by atoms with Crippen molar-refractivity contribution < 1.29 is 4.80 Å². The summed E-state index contributed by atoms with van der Waals surface area (Å²) in [7, 11) is -2.80. The van der Waals surface area contributed by atoms with Gasteiger partial charge in [0.2, 0.25) is 0 Å². The highest BCUT2D eigenvalue weighted by molar-refractivity contribution is 6.92. The second-order valence-corrected chi connectivity index (χ2v) is 14.8. The molecule has 0 atom stereocenters. The highest BCUT2D eigenvalue weighted by Crippen LogP contribution is 2.22. The van der Waals surface area contributed by atoms with Crippen molar-refractivity contribution in [1.82, 2.24) is 0 Å². The van der Waals surface area contributed by atoms with Crippen molar-refractivity contribution in [1.29, 1.82) is 0 Å². The molecule has 0 rings (SSSR count). The molecule has 3 heteroatoms. The van der Waals surface area contributed by atoms with Crippen LogP contribution in [0.25, 0.3) is 0 Å². The van der Waals surface area contributed by atoms with Crippen molar-refractivity contribution >= 4 is 16.4 Å². The van der Waals surface area contributed by atoms with Crippen LogP contribution >= 0.6 is 0 Å². The molecule has 0 aliphatic carbocycles. The van der Waals surface area contributed by atoms with E-state index in [0.717, 1.165) is 5.67 Å². The summed E-state index contributed by atoms with van der Waals surface area (Å²) in [4.78, 5) is 9.75. The second kappa shape index (κ2) is 3.87. The molecule has 0 bridgehead atoms. The molecule has 0 saturated carbocycles. The first-order chi connectivity index (χ1) is 4.77. The van der Waals surface area contributed by atoms with Crippen molar-refractivity contribution in [2.24, 2.45) is 0 Å². The van der Waals surface area contributed by atoms with Crippen molar-refractivity contribution in [3.05, 3.63) is 0 Å². The van der Waals surface area contributed by atoms with Crippen molar-refractivity contribution in [2.45, 2.75) is 51.2 Å². The third-order valence-electron chi connectivity index (χ3n) is 1.84. The van der Waals surface area contributed by atoms with Crippen LogP contribution < -0.4 is 0 Å². The van der Waals surface area contributed by atoms with Gasteiger partial charge in [-0.05, 0) is 18.8 Å². The van der Waals surface area contributed by atoms with Crippen LogP contribution in [0.2, 0.25) is 37.9 Å². The third kappa shape index (κ3) is 6.78. The zero-order chi connectivity index (χ0) is 9.12. The van der Waals surface area contributed by atoms with Gasteiger partial charge >= 0.3 is 0 Å². The van der Waals surface area contributed by atoms with Crippen molar-refractivity contribution in [3.8, 4) is 0 Å². The van der Waals surface area contributed by atoms with Crippen molar-refractivity contribution in [2.75, 3.05) is 0 Å². The average molecular weight is 190 g/mol. The van der Waals surface area contributed by atoms with E-state index in [1.165, 1.54) is 12.5 Å². The summed E-state index contributed by atoms with van der Waals surface area (Å²) in [5, 5.41) is 0. The van der Waals surface area contributed by atoms with Gasteiger partial charge in [-0.25, -0.2) is 0 Å². The first-order valence-corrected chi connectivity index (χ1v) is 11.1. The molecule has 0 heterocycles. The van der Waals surface area contributed by atoms with Gasteiger partial charge in [0.1, 0.15) is 0 Å². The van der Waals surface area contributed by atoms with Gasteiger partial charge in [-0.3, -0.25) is 0 Å². The fourth-order valence-electron chi connectivity index (χ4n) is 1.94. The molecule has 1 nitrogen and oxygen atoms in total. The first-order valence-electron chi connectivity index (χ1n) is 4.49. The van der Waals surface area contributed by atoms with E-state index < -0.39 is 16.4 Å². The Balaban J connectivity index is 3.91. The van der Waals surface area contributed by atoms with Crippen molar-refractivity contribution in [3.63, 3.8) is 0 Å². The second-order valence-electron chi connectivity index (χ2n) is 4.90. The van der Waals surface area contributed by atoms with Gasteiger partial charge in [0.15, 0.2) is 8.32 Å². The van der Waals surface area contributed by atoms with Crippen LogP contribution in [0.3, 0.4) is 0 Å². The van der Waals surface area contributed by atoms with E-state index in [4.69, 9.17) is 0 Å². The van der Waals surface area contributed by atoms with Gasteiger partial charge in [0.05, 0.1) is 0 Å². The average Bonchev–Trinajstić information content (AvgIpc) is 1.55. The van der Waals surface area contributed by atoms with E-state index in [2.05, 4.69) is 33.1 Å². The normalized spacial score (nSPS) is 13.6. The highest BCUT2D eigenvalue weighted by Gasteiger charge is 2.29. The van der Waals surface area contributed by atoms with Gasteiger partial charge in [0.25, 0.3) is 0 Å². The Bertz CT molecular complexity index is 116. The Kier molecular flexibility index (Phi) is 4.01. The van der Waals surface area contributed by atoms with Gasteiger partial charge < -0.3 is 4.80 Å². The van der Waals surface area contributed by atoms with Crippen LogP contribution in [-0.4, -0.2) is 21.2 Å².